The van der Waals surface area contributed by atoms with Crippen molar-refractivity contribution in [1.29, 1.82) is 0 Å². The summed E-state index contributed by atoms with van der Waals surface area (Å²) < 4.78 is 32.6. The summed E-state index contributed by atoms with van der Waals surface area (Å²) in [6.07, 6.45) is 0.204. The normalized spacial score (nSPS) is 10.9. The van der Waals surface area contributed by atoms with Crippen LogP contribution >= 0.6 is 0 Å². The summed E-state index contributed by atoms with van der Waals surface area (Å²) in [6, 6.07) is 10.2. The van der Waals surface area contributed by atoms with Gasteiger partial charge in [0.15, 0.2) is 0 Å². The Labute approximate surface area is 140 Å². The SMILES string of the molecule is CCC(=O)Nc1cc(S(=O)(=O)Nc2ccccc2OC)ccc1O. The third kappa shape index (κ3) is 3.96. The smallest absolute Gasteiger partial charge is 0.262 e. The minimum Gasteiger partial charge on any atom is -0.506 e. The number of ether oxygens (including phenoxy) is 1. The highest BCUT2D eigenvalue weighted by Gasteiger charge is 2.18. The second kappa shape index (κ2) is 7.22. The van der Waals surface area contributed by atoms with E-state index in [1.807, 2.05) is 0 Å². The van der Waals surface area contributed by atoms with Gasteiger partial charge in [-0.1, -0.05) is 19.1 Å². The topological polar surface area (TPSA) is 105 Å². The van der Waals surface area contributed by atoms with Gasteiger partial charge >= 0.3 is 0 Å². The second-order valence-corrected chi connectivity index (χ2v) is 6.57. The molecule has 0 spiro atoms. The first-order chi connectivity index (χ1) is 11.4. The maximum atomic E-state index is 12.5. The molecule has 2 aromatic carbocycles. The highest BCUT2D eigenvalue weighted by molar-refractivity contribution is 7.92. The summed E-state index contributed by atoms with van der Waals surface area (Å²) >= 11 is 0. The first-order valence-electron chi connectivity index (χ1n) is 7.16. The number of sulfonamides is 1. The fourth-order valence-electron chi connectivity index (χ4n) is 1.95. The number of carbonyl (C=O) groups is 1. The molecule has 1 amide bonds. The highest BCUT2D eigenvalue weighted by atomic mass is 32.2. The van der Waals surface area contributed by atoms with Crippen LogP contribution in [0.25, 0.3) is 0 Å². The van der Waals surface area contributed by atoms with Crippen molar-refractivity contribution in [3.8, 4) is 11.5 Å². The fourth-order valence-corrected chi connectivity index (χ4v) is 3.05. The van der Waals surface area contributed by atoms with Gasteiger partial charge in [-0.3, -0.25) is 9.52 Å². The van der Waals surface area contributed by atoms with Crippen molar-refractivity contribution in [1.82, 2.24) is 0 Å². The first-order valence-corrected chi connectivity index (χ1v) is 8.64. The molecule has 0 aliphatic heterocycles. The predicted octanol–water partition coefficient (Wildman–Crippen LogP) is 2.55. The van der Waals surface area contributed by atoms with Crippen molar-refractivity contribution in [3.63, 3.8) is 0 Å². The van der Waals surface area contributed by atoms with Crippen LogP contribution in [0.5, 0.6) is 11.5 Å². The Bertz CT molecular complexity index is 849. The lowest BCUT2D eigenvalue weighted by molar-refractivity contribution is -0.115. The number of aromatic hydroxyl groups is 1. The van der Waals surface area contributed by atoms with Gasteiger partial charge in [-0.2, -0.15) is 0 Å². The average molecular weight is 350 g/mol. The van der Waals surface area contributed by atoms with Crippen molar-refractivity contribution in [2.45, 2.75) is 18.2 Å². The van der Waals surface area contributed by atoms with Gasteiger partial charge in [-0.05, 0) is 30.3 Å². The lowest BCUT2D eigenvalue weighted by atomic mass is 10.3. The van der Waals surface area contributed by atoms with Crippen LogP contribution in [-0.4, -0.2) is 26.5 Å². The van der Waals surface area contributed by atoms with E-state index in [1.54, 1.807) is 31.2 Å². The fraction of sp³-hybridized carbons (Fsp3) is 0.188. The Morgan fingerprint density at radius 1 is 1.17 bits per heavy atom. The molecule has 0 aromatic heterocycles. The van der Waals surface area contributed by atoms with Crippen molar-refractivity contribution in [2.75, 3.05) is 17.1 Å². The molecular weight excluding hydrogens is 332 g/mol. The Balaban J connectivity index is 2.35. The van der Waals surface area contributed by atoms with E-state index in [0.29, 0.717) is 5.75 Å². The molecule has 0 bridgehead atoms. The molecule has 2 rings (SSSR count). The zero-order valence-electron chi connectivity index (χ0n) is 13.2. The predicted molar refractivity (Wildman–Crippen MR) is 90.8 cm³/mol. The standard InChI is InChI=1S/C16H18N2O5S/c1-3-16(20)17-13-10-11(8-9-14(13)19)24(21,22)18-12-6-4-5-7-15(12)23-2/h4-10,18-19H,3H2,1-2H3,(H,17,20). The molecule has 3 N–H and O–H groups in total. The number of benzene rings is 2. The number of phenols is 1. The van der Waals surface area contributed by atoms with Gasteiger partial charge in [0.1, 0.15) is 11.5 Å². The maximum Gasteiger partial charge on any atom is 0.262 e. The lowest BCUT2D eigenvalue weighted by Crippen LogP contribution is -2.15. The third-order valence-corrected chi connectivity index (χ3v) is 4.59. The van der Waals surface area contributed by atoms with Crippen molar-refractivity contribution < 1.29 is 23.1 Å². The van der Waals surface area contributed by atoms with Gasteiger partial charge in [0.25, 0.3) is 10.0 Å². The molecule has 7 nitrogen and oxygen atoms in total. The highest BCUT2D eigenvalue weighted by Crippen LogP contribution is 2.30. The number of nitrogens with one attached hydrogen (secondary N) is 2. The van der Waals surface area contributed by atoms with Gasteiger partial charge in [-0.15, -0.1) is 0 Å². The molecule has 0 fully saturated rings. The first kappa shape index (κ1) is 17.6. The Hall–Kier alpha value is -2.74. The van der Waals surface area contributed by atoms with Crippen LogP contribution in [0.1, 0.15) is 13.3 Å². The van der Waals surface area contributed by atoms with Crippen LogP contribution in [0, 0.1) is 0 Å². The molecule has 0 saturated heterocycles. The lowest BCUT2D eigenvalue weighted by Gasteiger charge is -2.13. The van der Waals surface area contributed by atoms with Gasteiger partial charge < -0.3 is 15.2 Å². The van der Waals surface area contributed by atoms with Crippen LogP contribution in [0.2, 0.25) is 0 Å². The molecule has 0 saturated carbocycles. The monoisotopic (exact) mass is 350 g/mol. The van der Waals surface area contributed by atoms with Gasteiger partial charge in [0, 0.05) is 6.42 Å². The number of hydrogen-bond donors (Lipinski definition) is 3. The quantitative estimate of drug-likeness (QED) is 0.695. The van der Waals surface area contributed by atoms with E-state index in [-0.39, 0.29) is 34.3 Å². The van der Waals surface area contributed by atoms with Crippen LogP contribution < -0.4 is 14.8 Å². The zero-order chi connectivity index (χ0) is 17.7. The molecule has 0 heterocycles. The second-order valence-electron chi connectivity index (χ2n) is 4.89. The average Bonchev–Trinajstić information content (AvgIpc) is 2.56. The summed E-state index contributed by atoms with van der Waals surface area (Å²) in [7, 11) is -2.48. The summed E-state index contributed by atoms with van der Waals surface area (Å²) in [4.78, 5) is 11.4. The summed E-state index contributed by atoms with van der Waals surface area (Å²) in [5, 5.41) is 12.2. The molecule has 24 heavy (non-hydrogen) atoms. The van der Waals surface area contributed by atoms with Gasteiger partial charge in [0.2, 0.25) is 5.91 Å². The van der Waals surface area contributed by atoms with Crippen molar-refractivity contribution in [2.24, 2.45) is 0 Å². The van der Waals surface area contributed by atoms with E-state index < -0.39 is 10.0 Å². The van der Waals surface area contributed by atoms with Crippen LogP contribution in [0.3, 0.4) is 0 Å². The number of para-hydroxylation sites is 2. The molecule has 0 unspecified atom stereocenters. The third-order valence-electron chi connectivity index (χ3n) is 3.22. The molecule has 2 aromatic rings. The van der Waals surface area contributed by atoms with E-state index in [0.717, 1.165) is 0 Å². The number of anilines is 2. The maximum absolute atomic E-state index is 12.5. The van der Waals surface area contributed by atoms with E-state index in [2.05, 4.69) is 10.0 Å². The number of carbonyl (C=O) groups excluding carboxylic acids is 1. The summed E-state index contributed by atoms with van der Waals surface area (Å²) in [6.45, 7) is 1.65. The number of phenolic OH excluding ortho intramolecular Hbond substituents is 1. The van der Waals surface area contributed by atoms with Crippen molar-refractivity contribution in [3.05, 3.63) is 42.5 Å². The molecule has 0 aliphatic carbocycles. The number of methoxy groups -OCH3 is 1. The minimum absolute atomic E-state index is 0.0322. The molecule has 128 valence electrons. The van der Waals surface area contributed by atoms with Crippen LogP contribution in [0.4, 0.5) is 11.4 Å². The molecule has 0 atom stereocenters. The molecule has 0 aliphatic rings. The van der Waals surface area contributed by atoms with E-state index in [4.69, 9.17) is 4.74 Å². The van der Waals surface area contributed by atoms with E-state index >= 15 is 0 Å². The number of amides is 1. The Kier molecular flexibility index (Phi) is 5.30. The van der Waals surface area contributed by atoms with Gasteiger partial charge in [-0.25, -0.2) is 8.42 Å². The van der Waals surface area contributed by atoms with E-state index in [1.165, 1.54) is 25.3 Å². The van der Waals surface area contributed by atoms with Crippen LogP contribution in [-0.2, 0) is 14.8 Å². The summed E-state index contributed by atoms with van der Waals surface area (Å²) in [5.41, 5.74) is 0.317. The zero-order valence-corrected chi connectivity index (χ0v) is 14.1. The Morgan fingerprint density at radius 3 is 2.54 bits per heavy atom. The molecular formula is C16H18N2O5S. The minimum atomic E-state index is -3.92. The van der Waals surface area contributed by atoms with Gasteiger partial charge in [0.05, 0.1) is 23.4 Å². The molecule has 0 radical (unpaired) electrons. The largest absolute Gasteiger partial charge is 0.506 e. The van der Waals surface area contributed by atoms with Crippen molar-refractivity contribution >= 4 is 27.3 Å². The molecule has 8 heteroatoms. The van der Waals surface area contributed by atoms with E-state index in [9.17, 15) is 18.3 Å². The number of rotatable bonds is 6. The van der Waals surface area contributed by atoms with Crippen LogP contribution in [0.15, 0.2) is 47.4 Å². The number of hydrogen-bond acceptors (Lipinski definition) is 5. The Morgan fingerprint density at radius 2 is 1.88 bits per heavy atom. The summed E-state index contributed by atoms with van der Waals surface area (Å²) in [5.74, 6) is -0.176.